The van der Waals surface area contributed by atoms with Gasteiger partial charge in [-0.05, 0) is 12.0 Å². The summed E-state index contributed by atoms with van der Waals surface area (Å²) in [6, 6.07) is 0. The molecule has 3 nitrogen and oxygen atoms in total. The van der Waals surface area contributed by atoms with Crippen molar-refractivity contribution in [2.75, 3.05) is 6.54 Å². The SMILES string of the molecule is C=C/C=C(\C=C/CC)[C@@H](O)CNC(C)=O. The number of hydrogen-bond donors (Lipinski definition) is 2. The lowest BCUT2D eigenvalue weighted by Crippen LogP contribution is -2.31. The van der Waals surface area contributed by atoms with Crippen molar-refractivity contribution in [1.82, 2.24) is 5.32 Å². The van der Waals surface area contributed by atoms with Gasteiger partial charge in [0.15, 0.2) is 0 Å². The van der Waals surface area contributed by atoms with Crippen LogP contribution in [-0.2, 0) is 4.79 Å². The summed E-state index contributed by atoms with van der Waals surface area (Å²) in [5.74, 6) is -0.147. The number of nitrogens with one attached hydrogen (secondary N) is 1. The molecule has 15 heavy (non-hydrogen) atoms. The first-order valence-electron chi connectivity index (χ1n) is 5.03. The lowest BCUT2D eigenvalue weighted by atomic mass is 10.1. The Balaban J connectivity index is 4.35. The minimum absolute atomic E-state index is 0.147. The lowest BCUT2D eigenvalue weighted by Gasteiger charge is -2.11. The molecule has 1 amide bonds. The topological polar surface area (TPSA) is 49.3 Å². The predicted molar refractivity (Wildman–Crippen MR) is 62.4 cm³/mol. The summed E-state index contributed by atoms with van der Waals surface area (Å²) in [5.41, 5.74) is 0.751. The zero-order chi connectivity index (χ0) is 11.7. The molecule has 1 atom stereocenters. The van der Waals surface area contributed by atoms with Crippen LogP contribution in [0.15, 0.2) is 36.5 Å². The molecule has 2 N–H and O–H groups in total. The van der Waals surface area contributed by atoms with E-state index in [-0.39, 0.29) is 12.5 Å². The number of allylic oxidation sites excluding steroid dienone is 3. The summed E-state index contributed by atoms with van der Waals surface area (Å²) in [6.45, 7) is 7.24. The molecule has 0 aliphatic carbocycles. The van der Waals surface area contributed by atoms with Gasteiger partial charge in [-0.2, -0.15) is 0 Å². The second kappa shape index (κ2) is 8.00. The molecule has 84 valence electrons. The molecule has 0 heterocycles. The fraction of sp³-hybridized carbons (Fsp3) is 0.417. The Morgan fingerprint density at radius 2 is 2.27 bits per heavy atom. The van der Waals surface area contributed by atoms with Crippen LogP contribution in [0, 0.1) is 0 Å². The summed E-state index contributed by atoms with van der Waals surface area (Å²) in [6.07, 6.45) is 7.36. The smallest absolute Gasteiger partial charge is 0.216 e. The summed E-state index contributed by atoms with van der Waals surface area (Å²) in [5, 5.41) is 12.3. The molecule has 0 aromatic rings. The van der Waals surface area contributed by atoms with Crippen LogP contribution in [0.4, 0.5) is 0 Å². The Kier molecular flexibility index (Phi) is 7.28. The number of hydrogen-bond acceptors (Lipinski definition) is 2. The van der Waals surface area contributed by atoms with E-state index in [1.165, 1.54) is 6.92 Å². The molecule has 0 fully saturated rings. The van der Waals surface area contributed by atoms with E-state index in [4.69, 9.17) is 0 Å². The average molecular weight is 209 g/mol. The van der Waals surface area contributed by atoms with Crippen LogP contribution in [0.25, 0.3) is 0 Å². The number of aliphatic hydroxyl groups is 1. The Bertz CT molecular complexity index is 267. The summed E-state index contributed by atoms with van der Waals surface area (Å²) in [4.78, 5) is 10.7. The molecule has 0 saturated heterocycles. The van der Waals surface area contributed by atoms with Gasteiger partial charge < -0.3 is 10.4 Å². The first-order chi connectivity index (χ1) is 7.11. The molecule has 0 aliphatic rings. The van der Waals surface area contributed by atoms with Crippen molar-refractivity contribution >= 4 is 5.91 Å². The molecule has 0 saturated carbocycles. The molecule has 0 spiro atoms. The van der Waals surface area contributed by atoms with Gasteiger partial charge in [-0.15, -0.1) is 0 Å². The maximum atomic E-state index is 10.7. The minimum Gasteiger partial charge on any atom is -0.387 e. The van der Waals surface area contributed by atoms with Crippen LogP contribution in [-0.4, -0.2) is 23.7 Å². The number of aliphatic hydroxyl groups excluding tert-OH is 1. The Morgan fingerprint density at radius 3 is 2.73 bits per heavy atom. The Morgan fingerprint density at radius 1 is 1.60 bits per heavy atom. The molecular weight excluding hydrogens is 190 g/mol. The number of amides is 1. The third kappa shape index (κ3) is 6.69. The van der Waals surface area contributed by atoms with Gasteiger partial charge in [-0.3, -0.25) is 4.79 Å². The zero-order valence-electron chi connectivity index (χ0n) is 9.36. The second-order valence-electron chi connectivity index (χ2n) is 3.17. The maximum absolute atomic E-state index is 10.7. The van der Waals surface area contributed by atoms with E-state index in [1.807, 2.05) is 19.1 Å². The molecule has 0 unspecified atom stereocenters. The quantitative estimate of drug-likeness (QED) is 0.652. The van der Waals surface area contributed by atoms with E-state index in [1.54, 1.807) is 12.2 Å². The summed E-state index contributed by atoms with van der Waals surface area (Å²) >= 11 is 0. The van der Waals surface area contributed by atoms with Crippen LogP contribution >= 0.6 is 0 Å². The molecule has 0 bridgehead atoms. The van der Waals surface area contributed by atoms with Gasteiger partial charge in [0.1, 0.15) is 0 Å². The van der Waals surface area contributed by atoms with Crippen LogP contribution in [0.3, 0.4) is 0 Å². The Hall–Kier alpha value is -1.35. The fourth-order valence-corrected chi connectivity index (χ4v) is 1.03. The average Bonchev–Trinajstić information content (AvgIpc) is 2.20. The predicted octanol–water partition coefficient (Wildman–Crippen LogP) is 1.56. The first kappa shape index (κ1) is 13.7. The summed E-state index contributed by atoms with van der Waals surface area (Å²) < 4.78 is 0. The van der Waals surface area contributed by atoms with Crippen LogP contribution in [0.1, 0.15) is 20.3 Å². The highest BCUT2D eigenvalue weighted by molar-refractivity contribution is 5.72. The van der Waals surface area contributed by atoms with Crippen LogP contribution in [0.5, 0.6) is 0 Å². The van der Waals surface area contributed by atoms with Crippen molar-refractivity contribution < 1.29 is 9.90 Å². The third-order valence-corrected chi connectivity index (χ3v) is 1.79. The van der Waals surface area contributed by atoms with Gasteiger partial charge in [0.2, 0.25) is 5.91 Å². The van der Waals surface area contributed by atoms with Crippen molar-refractivity contribution in [3.05, 3.63) is 36.5 Å². The molecule has 0 radical (unpaired) electrons. The van der Waals surface area contributed by atoms with Gasteiger partial charge in [0.25, 0.3) is 0 Å². The minimum atomic E-state index is -0.685. The van der Waals surface area contributed by atoms with E-state index in [0.717, 1.165) is 12.0 Å². The summed E-state index contributed by atoms with van der Waals surface area (Å²) in [7, 11) is 0. The van der Waals surface area contributed by atoms with Gasteiger partial charge in [0.05, 0.1) is 6.10 Å². The fourth-order valence-electron chi connectivity index (χ4n) is 1.03. The number of carbonyl (C=O) groups excluding carboxylic acids is 1. The van der Waals surface area contributed by atoms with E-state index in [2.05, 4.69) is 11.9 Å². The van der Waals surface area contributed by atoms with Crippen LogP contribution in [0.2, 0.25) is 0 Å². The standard InChI is InChI=1S/C12H19NO2/c1-4-6-8-11(7-5-2)12(15)9-13-10(3)14/h5-8,12,15H,2,4,9H2,1,3H3,(H,13,14)/b8-6-,11-7+/t12-/m0/s1. The van der Waals surface area contributed by atoms with Crippen molar-refractivity contribution in [2.45, 2.75) is 26.4 Å². The molecule has 3 heteroatoms. The molecule has 0 aliphatic heterocycles. The highest BCUT2D eigenvalue weighted by atomic mass is 16.3. The highest BCUT2D eigenvalue weighted by Gasteiger charge is 2.07. The van der Waals surface area contributed by atoms with E-state index in [0.29, 0.717) is 0 Å². The van der Waals surface area contributed by atoms with Gasteiger partial charge in [0, 0.05) is 13.5 Å². The molecule has 0 rings (SSSR count). The van der Waals surface area contributed by atoms with Crippen molar-refractivity contribution in [1.29, 1.82) is 0 Å². The van der Waals surface area contributed by atoms with E-state index >= 15 is 0 Å². The molecule has 0 aromatic heterocycles. The maximum Gasteiger partial charge on any atom is 0.216 e. The molecule has 0 aromatic carbocycles. The second-order valence-corrected chi connectivity index (χ2v) is 3.17. The largest absolute Gasteiger partial charge is 0.387 e. The van der Waals surface area contributed by atoms with E-state index < -0.39 is 6.10 Å². The lowest BCUT2D eigenvalue weighted by molar-refractivity contribution is -0.119. The highest BCUT2D eigenvalue weighted by Crippen LogP contribution is 2.05. The third-order valence-electron chi connectivity index (χ3n) is 1.79. The van der Waals surface area contributed by atoms with E-state index in [9.17, 15) is 9.90 Å². The zero-order valence-corrected chi connectivity index (χ0v) is 9.36. The normalized spacial score (nSPS) is 13.9. The number of carbonyl (C=O) groups is 1. The number of rotatable bonds is 6. The van der Waals surface area contributed by atoms with Crippen molar-refractivity contribution in [2.24, 2.45) is 0 Å². The molecular formula is C12H19NO2. The van der Waals surface area contributed by atoms with Crippen LogP contribution < -0.4 is 5.32 Å². The first-order valence-corrected chi connectivity index (χ1v) is 5.03. The Labute approximate surface area is 91.2 Å². The van der Waals surface area contributed by atoms with Gasteiger partial charge >= 0.3 is 0 Å². The van der Waals surface area contributed by atoms with Crippen molar-refractivity contribution in [3.8, 4) is 0 Å². The monoisotopic (exact) mass is 209 g/mol. The van der Waals surface area contributed by atoms with Gasteiger partial charge in [-0.1, -0.05) is 37.8 Å². The van der Waals surface area contributed by atoms with Gasteiger partial charge in [-0.25, -0.2) is 0 Å². The van der Waals surface area contributed by atoms with Crippen molar-refractivity contribution in [3.63, 3.8) is 0 Å².